The molecule has 0 aliphatic heterocycles. The summed E-state index contributed by atoms with van der Waals surface area (Å²) in [5, 5.41) is 4.97. The van der Waals surface area contributed by atoms with Crippen molar-refractivity contribution in [3.8, 4) is 0 Å². The molecule has 3 amide bonds. The average Bonchev–Trinajstić information content (AvgIpc) is 2.67. The summed E-state index contributed by atoms with van der Waals surface area (Å²) in [6, 6.07) is 9.53. The van der Waals surface area contributed by atoms with Crippen LogP contribution in [0.3, 0.4) is 0 Å². The molecule has 0 saturated heterocycles. The molecular formula is C20H21F2N3O3. The summed E-state index contributed by atoms with van der Waals surface area (Å²) in [4.78, 5) is 37.1. The van der Waals surface area contributed by atoms with Gasteiger partial charge < -0.3 is 15.5 Å². The van der Waals surface area contributed by atoms with E-state index in [1.54, 1.807) is 38.4 Å². The minimum Gasteiger partial charge on any atom is -0.355 e. The molecule has 2 aromatic rings. The third kappa shape index (κ3) is 5.60. The molecule has 2 N–H and O–H groups in total. The third-order valence-electron chi connectivity index (χ3n) is 4.09. The highest BCUT2D eigenvalue weighted by Crippen LogP contribution is 2.10. The van der Waals surface area contributed by atoms with Gasteiger partial charge in [-0.2, -0.15) is 0 Å². The van der Waals surface area contributed by atoms with E-state index in [9.17, 15) is 23.2 Å². The maximum Gasteiger partial charge on any atom is 0.254 e. The van der Waals surface area contributed by atoms with Crippen molar-refractivity contribution in [1.82, 2.24) is 15.5 Å². The summed E-state index contributed by atoms with van der Waals surface area (Å²) >= 11 is 0. The number of nitrogens with zero attached hydrogens (tertiary/aromatic N) is 1. The fraction of sp³-hybridized carbons (Fsp3) is 0.250. The molecule has 8 heteroatoms. The molecule has 0 atom stereocenters. The lowest BCUT2D eigenvalue weighted by Crippen LogP contribution is -2.32. The highest BCUT2D eigenvalue weighted by atomic mass is 19.1. The summed E-state index contributed by atoms with van der Waals surface area (Å²) in [7, 11) is 3.17. The van der Waals surface area contributed by atoms with Crippen LogP contribution in [0.2, 0.25) is 0 Å². The lowest BCUT2D eigenvalue weighted by atomic mass is 10.1. The van der Waals surface area contributed by atoms with E-state index in [0.29, 0.717) is 18.2 Å². The van der Waals surface area contributed by atoms with Gasteiger partial charge in [0.05, 0.1) is 5.56 Å². The molecule has 0 unspecified atom stereocenters. The molecule has 0 fully saturated rings. The van der Waals surface area contributed by atoms with Crippen molar-refractivity contribution >= 4 is 17.7 Å². The lowest BCUT2D eigenvalue weighted by molar-refractivity contribution is -0.130. The smallest absolute Gasteiger partial charge is 0.254 e. The molecule has 0 heterocycles. The summed E-state index contributed by atoms with van der Waals surface area (Å²) in [6.07, 6.45) is 0.0291. The van der Waals surface area contributed by atoms with Crippen molar-refractivity contribution in [2.75, 3.05) is 20.6 Å². The number of halogens is 2. The lowest BCUT2D eigenvalue weighted by Gasteiger charge is -2.17. The van der Waals surface area contributed by atoms with E-state index < -0.39 is 17.5 Å². The Morgan fingerprint density at radius 3 is 2.29 bits per heavy atom. The van der Waals surface area contributed by atoms with Gasteiger partial charge in [0.15, 0.2) is 0 Å². The summed E-state index contributed by atoms with van der Waals surface area (Å²) in [5.74, 6) is -2.84. The highest BCUT2D eigenvalue weighted by molar-refractivity contribution is 5.95. The number of carbonyl (C=O) groups is 3. The molecule has 0 aromatic heterocycles. The molecule has 0 aliphatic carbocycles. The van der Waals surface area contributed by atoms with E-state index in [4.69, 9.17) is 0 Å². The van der Waals surface area contributed by atoms with E-state index in [1.165, 1.54) is 4.90 Å². The Balaban J connectivity index is 1.82. The van der Waals surface area contributed by atoms with E-state index >= 15 is 0 Å². The molecule has 0 aliphatic rings. The number of nitrogens with one attached hydrogen (secondary N) is 2. The van der Waals surface area contributed by atoms with Crippen LogP contribution >= 0.6 is 0 Å². The van der Waals surface area contributed by atoms with Gasteiger partial charge in [0, 0.05) is 45.2 Å². The maximum absolute atomic E-state index is 13.6. The van der Waals surface area contributed by atoms with Crippen molar-refractivity contribution < 1.29 is 23.2 Å². The summed E-state index contributed by atoms with van der Waals surface area (Å²) in [6.45, 7) is 0.363. The first-order chi connectivity index (χ1) is 13.3. The molecule has 28 heavy (non-hydrogen) atoms. The first-order valence-corrected chi connectivity index (χ1v) is 8.60. The number of hydrogen-bond acceptors (Lipinski definition) is 3. The van der Waals surface area contributed by atoms with Crippen molar-refractivity contribution in [1.29, 1.82) is 0 Å². The van der Waals surface area contributed by atoms with Crippen LogP contribution < -0.4 is 10.6 Å². The van der Waals surface area contributed by atoms with Crippen LogP contribution in [0.1, 0.15) is 32.7 Å². The van der Waals surface area contributed by atoms with Crippen LogP contribution in [0.5, 0.6) is 0 Å². The summed E-state index contributed by atoms with van der Waals surface area (Å²) in [5.41, 5.74) is 1.09. The van der Waals surface area contributed by atoms with Crippen LogP contribution in [0.15, 0.2) is 42.5 Å². The first kappa shape index (κ1) is 21.0. The van der Waals surface area contributed by atoms with Crippen LogP contribution in [0, 0.1) is 11.6 Å². The number of hydrogen-bond donors (Lipinski definition) is 2. The van der Waals surface area contributed by atoms with Crippen molar-refractivity contribution in [3.63, 3.8) is 0 Å². The number of benzene rings is 2. The fourth-order valence-corrected chi connectivity index (χ4v) is 2.51. The van der Waals surface area contributed by atoms with Crippen LogP contribution in [0.4, 0.5) is 8.78 Å². The molecule has 6 nitrogen and oxygen atoms in total. The zero-order chi connectivity index (χ0) is 20.7. The molecule has 0 radical (unpaired) electrons. The Bertz CT molecular complexity index is 869. The van der Waals surface area contributed by atoms with Gasteiger partial charge in [0.2, 0.25) is 5.91 Å². The summed E-state index contributed by atoms with van der Waals surface area (Å²) < 4.78 is 26.4. The minimum atomic E-state index is -0.957. The second-order valence-electron chi connectivity index (χ2n) is 6.16. The normalized spacial score (nSPS) is 10.3. The molecule has 0 bridgehead atoms. The number of rotatable bonds is 7. The quantitative estimate of drug-likeness (QED) is 0.761. The van der Waals surface area contributed by atoms with E-state index in [-0.39, 0.29) is 30.3 Å². The van der Waals surface area contributed by atoms with Gasteiger partial charge >= 0.3 is 0 Å². The number of carbonyl (C=O) groups excluding carboxylic acids is 3. The molecule has 0 spiro atoms. The fourth-order valence-electron chi connectivity index (χ4n) is 2.51. The Kier molecular flexibility index (Phi) is 7.20. The second-order valence-corrected chi connectivity index (χ2v) is 6.16. The molecule has 2 aromatic carbocycles. The molecule has 0 saturated carbocycles. The predicted molar refractivity (Wildman–Crippen MR) is 99.6 cm³/mol. The van der Waals surface area contributed by atoms with Gasteiger partial charge in [-0.3, -0.25) is 14.4 Å². The third-order valence-corrected chi connectivity index (χ3v) is 4.09. The molecule has 148 valence electrons. The highest BCUT2D eigenvalue weighted by Gasteiger charge is 2.14. The molecule has 2 rings (SSSR count). The van der Waals surface area contributed by atoms with Gasteiger partial charge in [-0.1, -0.05) is 12.1 Å². The van der Waals surface area contributed by atoms with Gasteiger partial charge in [-0.25, -0.2) is 8.78 Å². The largest absolute Gasteiger partial charge is 0.355 e. The SMILES string of the molecule is CNC(=O)c1ccc(CN(C)C(=O)CCNC(=O)c2ccc(F)cc2F)cc1. The zero-order valence-corrected chi connectivity index (χ0v) is 15.6. The number of amides is 3. The van der Waals surface area contributed by atoms with E-state index in [0.717, 1.165) is 17.7 Å². The second kappa shape index (κ2) is 9.59. The van der Waals surface area contributed by atoms with Crippen molar-refractivity contribution in [2.45, 2.75) is 13.0 Å². The average molecular weight is 389 g/mol. The van der Waals surface area contributed by atoms with Gasteiger partial charge in [0.25, 0.3) is 11.8 Å². The monoisotopic (exact) mass is 389 g/mol. The van der Waals surface area contributed by atoms with E-state index in [2.05, 4.69) is 10.6 Å². The Morgan fingerprint density at radius 1 is 1.00 bits per heavy atom. The Hall–Kier alpha value is -3.29. The van der Waals surface area contributed by atoms with E-state index in [1.807, 2.05) is 0 Å². The van der Waals surface area contributed by atoms with Crippen LogP contribution in [0.25, 0.3) is 0 Å². The maximum atomic E-state index is 13.6. The Labute approximate surface area is 161 Å². The van der Waals surface area contributed by atoms with Crippen molar-refractivity contribution in [2.24, 2.45) is 0 Å². The van der Waals surface area contributed by atoms with Gasteiger partial charge in [0.1, 0.15) is 11.6 Å². The Morgan fingerprint density at radius 2 is 1.68 bits per heavy atom. The van der Waals surface area contributed by atoms with Crippen LogP contribution in [-0.4, -0.2) is 43.3 Å². The van der Waals surface area contributed by atoms with Crippen molar-refractivity contribution in [3.05, 3.63) is 70.8 Å². The molecular weight excluding hydrogens is 368 g/mol. The zero-order valence-electron chi connectivity index (χ0n) is 15.6. The first-order valence-electron chi connectivity index (χ1n) is 8.60. The van der Waals surface area contributed by atoms with Crippen LogP contribution in [-0.2, 0) is 11.3 Å². The predicted octanol–water partition coefficient (Wildman–Crippen LogP) is 2.10. The minimum absolute atomic E-state index is 0.0223. The standard InChI is InChI=1S/C20H21F2N3O3/c1-23-19(27)14-5-3-13(4-6-14)12-25(2)18(26)9-10-24-20(28)16-8-7-15(21)11-17(16)22/h3-8,11H,9-10,12H2,1-2H3,(H,23,27)(H,24,28). The van der Waals surface area contributed by atoms with Gasteiger partial charge in [-0.05, 0) is 29.8 Å². The van der Waals surface area contributed by atoms with Gasteiger partial charge in [-0.15, -0.1) is 0 Å². The topological polar surface area (TPSA) is 78.5 Å².